The largest absolute Gasteiger partial charge is 0.496 e. The number of nitrogens with one attached hydrogen (secondary N) is 1. The number of ether oxygens (including phenoxy) is 1. The van der Waals surface area contributed by atoms with Crippen molar-refractivity contribution in [3.05, 3.63) is 60.9 Å². The number of hydrogen-bond donors (Lipinski definition) is 1. The van der Waals surface area contributed by atoms with E-state index in [1.54, 1.807) is 20.8 Å². The fourth-order valence-corrected chi connectivity index (χ4v) is 4.89. The molecule has 0 radical (unpaired) electrons. The molecule has 1 amide bonds. The Labute approximate surface area is 205 Å². The number of Topliss-reactive ketones (excluding diaryl/α,β-unsaturated/α-hetero) is 1. The fourth-order valence-electron chi connectivity index (χ4n) is 3.78. The van der Waals surface area contributed by atoms with Crippen LogP contribution in [0.4, 0.5) is 4.39 Å². The summed E-state index contributed by atoms with van der Waals surface area (Å²) in [6, 6.07) is 3.25. The van der Waals surface area contributed by atoms with Gasteiger partial charge < -0.3 is 10.1 Å². The highest BCUT2D eigenvalue weighted by Gasteiger charge is 2.36. The highest BCUT2D eigenvalue weighted by atomic mass is 32.1. The van der Waals surface area contributed by atoms with E-state index in [4.69, 9.17) is 11.2 Å². The van der Waals surface area contributed by atoms with Crippen molar-refractivity contribution in [2.24, 2.45) is 0 Å². The fraction of sp³-hybridized carbons (Fsp3) is 0.360. The second-order valence-electron chi connectivity index (χ2n) is 8.84. The maximum Gasteiger partial charge on any atom is 0.333 e. The molecular formula is C25H26FN3O5S. The van der Waals surface area contributed by atoms with E-state index in [0.29, 0.717) is 10.4 Å². The minimum Gasteiger partial charge on any atom is -0.496 e. The van der Waals surface area contributed by atoms with Gasteiger partial charge in [-0.05, 0) is 58.4 Å². The van der Waals surface area contributed by atoms with Gasteiger partial charge in [0.25, 0.3) is 5.56 Å². The molecule has 8 nitrogen and oxygen atoms in total. The molecule has 2 aromatic heterocycles. The van der Waals surface area contributed by atoms with Gasteiger partial charge >= 0.3 is 5.69 Å². The molecule has 0 saturated carbocycles. The molecule has 0 unspecified atom stereocenters. The first-order chi connectivity index (χ1) is 16.3. The first-order valence-electron chi connectivity index (χ1n) is 10.8. The van der Waals surface area contributed by atoms with Gasteiger partial charge in [-0.2, -0.15) is 0 Å². The lowest BCUT2D eigenvalue weighted by Gasteiger charge is -2.27. The number of thiophene rings is 1. The predicted octanol–water partition coefficient (Wildman–Crippen LogP) is 2.80. The number of ketones is 1. The molecule has 184 valence electrons. The van der Waals surface area contributed by atoms with Crippen molar-refractivity contribution in [3.8, 4) is 18.1 Å². The van der Waals surface area contributed by atoms with Gasteiger partial charge in [0.15, 0.2) is 5.78 Å². The smallest absolute Gasteiger partial charge is 0.333 e. The zero-order chi connectivity index (χ0) is 26.2. The Balaban J connectivity index is 2.33. The van der Waals surface area contributed by atoms with Crippen LogP contribution in [0.5, 0.6) is 5.75 Å². The molecule has 0 aliphatic carbocycles. The van der Waals surface area contributed by atoms with Gasteiger partial charge in [0, 0.05) is 6.04 Å². The van der Waals surface area contributed by atoms with E-state index in [0.717, 1.165) is 32.6 Å². The number of terminal acetylenes is 1. The molecule has 1 N–H and O–H groups in total. The molecule has 0 fully saturated rings. The molecule has 35 heavy (non-hydrogen) atoms. The zero-order valence-corrected chi connectivity index (χ0v) is 21.1. The van der Waals surface area contributed by atoms with Crippen LogP contribution in [0.25, 0.3) is 10.2 Å². The molecule has 2 heterocycles. The summed E-state index contributed by atoms with van der Waals surface area (Å²) in [5.41, 5.74) is -2.72. The number of carbonyl (C=O) groups excluding carboxylic acids is 2. The predicted molar refractivity (Wildman–Crippen MR) is 133 cm³/mol. The van der Waals surface area contributed by atoms with E-state index in [9.17, 15) is 23.6 Å². The van der Waals surface area contributed by atoms with Crippen molar-refractivity contribution in [2.75, 3.05) is 7.11 Å². The lowest BCUT2D eigenvalue weighted by Crippen LogP contribution is -2.56. The number of methoxy groups -OCH3 is 1. The molecular weight excluding hydrogens is 473 g/mol. The van der Waals surface area contributed by atoms with E-state index in [1.807, 2.05) is 0 Å². The van der Waals surface area contributed by atoms with Crippen LogP contribution in [0.2, 0.25) is 0 Å². The van der Waals surface area contributed by atoms with Crippen molar-refractivity contribution >= 4 is 33.2 Å². The van der Waals surface area contributed by atoms with Crippen molar-refractivity contribution in [1.29, 1.82) is 0 Å². The summed E-state index contributed by atoms with van der Waals surface area (Å²) in [4.78, 5) is 54.0. The molecule has 3 rings (SSSR count). The van der Waals surface area contributed by atoms with E-state index in [2.05, 4.69) is 11.2 Å². The second kappa shape index (κ2) is 9.50. The third-order valence-corrected chi connectivity index (χ3v) is 6.89. The van der Waals surface area contributed by atoms with E-state index in [1.165, 1.54) is 27.0 Å². The van der Waals surface area contributed by atoms with E-state index < -0.39 is 40.8 Å². The molecule has 0 aliphatic rings. The lowest BCUT2D eigenvalue weighted by molar-refractivity contribution is -0.129. The van der Waals surface area contributed by atoms with E-state index in [-0.39, 0.29) is 27.6 Å². The molecule has 0 bridgehead atoms. The highest BCUT2D eigenvalue weighted by molar-refractivity contribution is 7.19. The third-order valence-electron chi connectivity index (χ3n) is 5.64. The van der Waals surface area contributed by atoms with Gasteiger partial charge in [-0.25, -0.2) is 13.8 Å². The monoisotopic (exact) mass is 499 g/mol. The number of halogens is 1. The number of rotatable bonds is 7. The minimum atomic E-state index is -1.58. The van der Waals surface area contributed by atoms with Gasteiger partial charge in [0.05, 0.1) is 29.5 Å². The third kappa shape index (κ3) is 4.51. The topological polar surface area (TPSA) is 99.4 Å². The maximum absolute atomic E-state index is 13.9. The zero-order valence-electron chi connectivity index (χ0n) is 20.3. The summed E-state index contributed by atoms with van der Waals surface area (Å²) in [5.74, 6) is 0.827. The summed E-state index contributed by atoms with van der Waals surface area (Å²) in [6.07, 6.45) is 5.60. The first-order valence-corrected chi connectivity index (χ1v) is 11.6. The molecule has 10 heteroatoms. The number of aryl methyl sites for hydroxylation is 1. The number of amides is 1. The number of benzene rings is 1. The number of fused-ring (bicyclic) bond motifs is 1. The summed E-state index contributed by atoms with van der Waals surface area (Å²) in [7, 11) is 1.34. The molecule has 1 aromatic carbocycles. The van der Waals surface area contributed by atoms with Gasteiger partial charge in [-0.1, -0.05) is 5.92 Å². The van der Waals surface area contributed by atoms with Gasteiger partial charge in [0.2, 0.25) is 5.91 Å². The van der Waals surface area contributed by atoms with Crippen LogP contribution in [0.3, 0.4) is 0 Å². The van der Waals surface area contributed by atoms with Gasteiger partial charge in [0.1, 0.15) is 21.9 Å². The van der Waals surface area contributed by atoms with Crippen molar-refractivity contribution in [3.63, 3.8) is 0 Å². The molecule has 0 spiro atoms. The van der Waals surface area contributed by atoms with Crippen molar-refractivity contribution in [2.45, 2.75) is 52.7 Å². The van der Waals surface area contributed by atoms with Crippen LogP contribution in [-0.2, 0) is 16.9 Å². The SMILES string of the molecule is C#Cc1sc2c(c1C)c(=O)n(C(C)(C)C(=O)NC(C)C)c(=O)n2CC(=O)c1cc(F)ccc1OC. The van der Waals surface area contributed by atoms with E-state index >= 15 is 0 Å². The Morgan fingerprint density at radius 2 is 1.94 bits per heavy atom. The summed E-state index contributed by atoms with van der Waals surface area (Å²) in [6.45, 7) is 7.53. The first kappa shape index (κ1) is 25.9. The average Bonchev–Trinajstić information content (AvgIpc) is 3.12. The van der Waals surface area contributed by atoms with Crippen LogP contribution in [0.15, 0.2) is 27.8 Å². The lowest BCUT2D eigenvalue weighted by atomic mass is 10.0. The summed E-state index contributed by atoms with van der Waals surface area (Å²) < 4.78 is 21.0. The van der Waals surface area contributed by atoms with Crippen molar-refractivity contribution < 1.29 is 18.7 Å². The Morgan fingerprint density at radius 1 is 1.29 bits per heavy atom. The number of nitrogens with zero attached hydrogens (tertiary/aromatic N) is 2. The Hall–Kier alpha value is -3.71. The Morgan fingerprint density at radius 3 is 2.51 bits per heavy atom. The summed E-state index contributed by atoms with van der Waals surface area (Å²) >= 11 is 1.02. The standard InChI is InChI=1S/C25H26FN3O5S/c1-8-19-14(4)20-21(31)29(25(5,6)23(32)27-13(2)3)24(33)28(22(20)35-19)12-17(30)16-11-15(26)9-10-18(16)34-7/h1,9-11,13H,12H2,2-7H3,(H,27,32). The Bertz CT molecular complexity index is 1500. The number of hydrogen-bond acceptors (Lipinski definition) is 6. The van der Waals surface area contributed by atoms with Crippen LogP contribution >= 0.6 is 11.3 Å². The second-order valence-corrected chi connectivity index (χ2v) is 9.84. The normalized spacial score (nSPS) is 11.5. The number of carbonyl (C=O) groups is 2. The molecule has 0 saturated heterocycles. The minimum absolute atomic E-state index is 0.0624. The average molecular weight is 500 g/mol. The highest BCUT2D eigenvalue weighted by Crippen LogP contribution is 2.29. The summed E-state index contributed by atoms with van der Waals surface area (Å²) in [5, 5.41) is 2.87. The van der Waals surface area contributed by atoms with Gasteiger partial charge in [-0.15, -0.1) is 17.8 Å². The van der Waals surface area contributed by atoms with Crippen LogP contribution in [0, 0.1) is 25.1 Å². The quantitative estimate of drug-likeness (QED) is 0.398. The van der Waals surface area contributed by atoms with Gasteiger partial charge in [-0.3, -0.25) is 19.0 Å². The molecule has 3 aromatic rings. The van der Waals surface area contributed by atoms with Crippen molar-refractivity contribution in [1.82, 2.24) is 14.5 Å². The van der Waals surface area contributed by atoms with Crippen LogP contribution in [-0.4, -0.2) is 34.0 Å². The Kier molecular flexibility index (Phi) is 7.03. The molecule has 0 atom stereocenters. The number of aromatic nitrogens is 2. The van der Waals surface area contributed by atoms with Crippen LogP contribution < -0.4 is 21.3 Å². The molecule has 0 aliphatic heterocycles. The maximum atomic E-state index is 13.9. The van der Waals surface area contributed by atoms with Crippen LogP contribution in [0.1, 0.15) is 48.5 Å².